The van der Waals surface area contributed by atoms with E-state index in [0.717, 1.165) is 27.2 Å². The Kier molecular flexibility index (Phi) is 4.24. The van der Waals surface area contributed by atoms with E-state index in [9.17, 15) is 13.2 Å². The Balaban J connectivity index is 0.000000994. The number of sulfone groups is 1. The molecule has 6 aromatic rings. The summed E-state index contributed by atoms with van der Waals surface area (Å²) in [6, 6.07) is 20.3. The molecular weight excluding hydrogens is 408 g/mol. The first-order chi connectivity index (χ1) is 14.9. The molecule has 0 atom stereocenters. The molecule has 0 saturated carbocycles. The fraction of sp³-hybridized carbons (Fsp3) is 0.120. The summed E-state index contributed by atoms with van der Waals surface area (Å²) in [5.41, 5.74) is 1.93. The largest absolute Gasteiger partial charge is 0.268 e. The predicted molar refractivity (Wildman–Crippen MR) is 127 cm³/mol. The van der Waals surface area contributed by atoms with Gasteiger partial charge in [0.1, 0.15) is 5.65 Å². The number of hydrogen-bond donors (Lipinski definition) is 0. The smallest absolute Gasteiger partial charge is 0.264 e. The van der Waals surface area contributed by atoms with E-state index in [1.807, 2.05) is 62.4 Å². The highest BCUT2D eigenvalue weighted by molar-refractivity contribution is 7.91. The molecule has 6 heteroatoms. The Morgan fingerprint density at radius 2 is 1.45 bits per heavy atom. The van der Waals surface area contributed by atoms with Crippen molar-refractivity contribution in [1.29, 1.82) is 0 Å². The van der Waals surface area contributed by atoms with E-state index in [-0.39, 0.29) is 10.5 Å². The molecule has 0 aliphatic rings. The summed E-state index contributed by atoms with van der Waals surface area (Å²) in [5.74, 6) is 0. The standard InChI is InChI=1S/C23H14N2O3S.C2H6/c1-29(27,28)19-12-11-16-21-14(19)7-4-8-15(21)22-24-17-9-2-5-13-6-3-10-18(20(13)17)25(22)23(16)26;1-2/h2-12H,1H3;1-2H3. The summed E-state index contributed by atoms with van der Waals surface area (Å²) in [7, 11) is -3.44. The maximum Gasteiger partial charge on any atom is 0.264 e. The minimum atomic E-state index is -3.44. The summed E-state index contributed by atoms with van der Waals surface area (Å²) in [4.78, 5) is 18.6. The van der Waals surface area contributed by atoms with Crippen molar-refractivity contribution in [2.24, 2.45) is 0 Å². The van der Waals surface area contributed by atoms with Crippen LogP contribution in [0.2, 0.25) is 0 Å². The van der Waals surface area contributed by atoms with Gasteiger partial charge in [0.25, 0.3) is 5.56 Å². The highest BCUT2D eigenvalue weighted by Crippen LogP contribution is 2.34. The molecule has 0 bridgehead atoms. The zero-order valence-corrected chi connectivity index (χ0v) is 18.2. The van der Waals surface area contributed by atoms with Crippen LogP contribution in [0.25, 0.3) is 49.0 Å². The van der Waals surface area contributed by atoms with Crippen molar-refractivity contribution in [3.8, 4) is 0 Å². The van der Waals surface area contributed by atoms with Crippen molar-refractivity contribution in [2.45, 2.75) is 18.7 Å². The quantitative estimate of drug-likeness (QED) is 0.267. The zero-order chi connectivity index (χ0) is 21.9. The summed E-state index contributed by atoms with van der Waals surface area (Å²) >= 11 is 0. The average molecular weight is 429 g/mol. The summed E-state index contributed by atoms with van der Waals surface area (Å²) in [5, 5.41) is 4.40. The van der Waals surface area contributed by atoms with Crippen molar-refractivity contribution < 1.29 is 8.42 Å². The minimum Gasteiger partial charge on any atom is -0.268 e. The van der Waals surface area contributed by atoms with Gasteiger partial charge in [0.15, 0.2) is 9.84 Å². The van der Waals surface area contributed by atoms with Gasteiger partial charge in [-0.15, -0.1) is 0 Å². The second kappa shape index (κ2) is 6.75. The van der Waals surface area contributed by atoms with Gasteiger partial charge >= 0.3 is 0 Å². The van der Waals surface area contributed by atoms with Crippen LogP contribution in [0.5, 0.6) is 0 Å². The highest BCUT2D eigenvalue weighted by atomic mass is 32.2. The van der Waals surface area contributed by atoms with Crippen LogP contribution < -0.4 is 5.56 Å². The third kappa shape index (κ3) is 2.65. The SMILES string of the molecule is CC.CS(=O)(=O)c1ccc2c(=O)n3c4cccc5cccc(nc3c3cccc1c23)c54. The lowest BCUT2D eigenvalue weighted by Gasteiger charge is -2.15. The first kappa shape index (κ1) is 19.5. The van der Waals surface area contributed by atoms with Crippen molar-refractivity contribution >= 4 is 58.8 Å². The van der Waals surface area contributed by atoms with Gasteiger partial charge in [-0.25, -0.2) is 13.4 Å². The van der Waals surface area contributed by atoms with Crippen molar-refractivity contribution in [3.63, 3.8) is 0 Å². The molecule has 0 saturated heterocycles. The van der Waals surface area contributed by atoms with E-state index in [1.54, 1.807) is 16.5 Å². The van der Waals surface area contributed by atoms with Crippen molar-refractivity contribution in [2.75, 3.05) is 6.26 Å². The van der Waals surface area contributed by atoms with Gasteiger partial charge in [0.05, 0.1) is 15.9 Å². The minimum absolute atomic E-state index is 0.200. The number of benzene rings is 4. The predicted octanol–water partition coefficient (Wildman–Crippen LogP) is 5.17. The van der Waals surface area contributed by atoms with Crippen LogP contribution in [0.15, 0.2) is 76.4 Å². The number of hydrogen-bond acceptors (Lipinski definition) is 4. The van der Waals surface area contributed by atoms with E-state index >= 15 is 0 Å². The average Bonchev–Trinajstić information content (AvgIpc) is 2.78. The van der Waals surface area contributed by atoms with Gasteiger partial charge in [-0.3, -0.25) is 9.20 Å². The first-order valence-corrected chi connectivity index (χ1v) is 12.1. The number of nitrogens with zero attached hydrogens (tertiary/aromatic N) is 2. The topological polar surface area (TPSA) is 68.5 Å². The lowest BCUT2D eigenvalue weighted by molar-refractivity contribution is 0.602. The van der Waals surface area contributed by atoms with E-state index < -0.39 is 9.84 Å². The van der Waals surface area contributed by atoms with E-state index in [1.165, 1.54) is 12.3 Å². The van der Waals surface area contributed by atoms with Gasteiger partial charge in [-0.05, 0) is 29.7 Å². The molecule has 2 heterocycles. The van der Waals surface area contributed by atoms with Crippen molar-refractivity contribution in [1.82, 2.24) is 9.38 Å². The third-order valence-corrected chi connectivity index (χ3v) is 6.77. The van der Waals surface area contributed by atoms with Crippen molar-refractivity contribution in [3.05, 3.63) is 77.1 Å². The molecule has 0 fully saturated rings. The third-order valence-electron chi connectivity index (χ3n) is 5.61. The summed E-state index contributed by atoms with van der Waals surface area (Å²) in [6.07, 6.45) is 1.18. The second-order valence-electron chi connectivity index (χ2n) is 7.34. The van der Waals surface area contributed by atoms with Crippen LogP contribution in [-0.2, 0) is 9.84 Å². The molecule has 5 nitrogen and oxygen atoms in total. The number of pyridine rings is 1. The maximum absolute atomic E-state index is 13.5. The Morgan fingerprint density at radius 3 is 2.19 bits per heavy atom. The molecular formula is C25H20N2O3S. The van der Waals surface area contributed by atoms with E-state index in [4.69, 9.17) is 4.98 Å². The Labute approximate surface area is 178 Å². The number of aromatic nitrogens is 2. The lowest BCUT2D eigenvalue weighted by Crippen LogP contribution is -2.17. The normalized spacial score (nSPS) is 12.1. The molecule has 0 aliphatic heterocycles. The highest BCUT2D eigenvalue weighted by Gasteiger charge is 2.20. The van der Waals surface area contributed by atoms with Crippen LogP contribution in [0.3, 0.4) is 0 Å². The second-order valence-corrected chi connectivity index (χ2v) is 9.32. The van der Waals surface area contributed by atoms with Crippen LogP contribution in [0.1, 0.15) is 13.8 Å². The lowest BCUT2D eigenvalue weighted by atomic mass is 10.0. The maximum atomic E-state index is 13.5. The molecule has 2 aromatic heterocycles. The fourth-order valence-electron chi connectivity index (χ4n) is 4.43. The Hall–Kier alpha value is -3.51. The van der Waals surface area contributed by atoms with Crippen LogP contribution in [0.4, 0.5) is 0 Å². The van der Waals surface area contributed by atoms with E-state index in [0.29, 0.717) is 21.8 Å². The van der Waals surface area contributed by atoms with Gasteiger partial charge < -0.3 is 0 Å². The van der Waals surface area contributed by atoms with Gasteiger partial charge in [-0.1, -0.05) is 56.3 Å². The number of fused-ring (bicyclic) bond motifs is 3. The van der Waals surface area contributed by atoms with Crippen LogP contribution in [0, 0.1) is 0 Å². The van der Waals surface area contributed by atoms with Crippen LogP contribution in [-0.4, -0.2) is 24.1 Å². The molecule has 4 aromatic carbocycles. The molecule has 0 aliphatic carbocycles. The number of rotatable bonds is 1. The molecule has 31 heavy (non-hydrogen) atoms. The molecule has 0 radical (unpaired) electrons. The molecule has 0 unspecified atom stereocenters. The van der Waals surface area contributed by atoms with Gasteiger partial charge in [0, 0.05) is 33.2 Å². The van der Waals surface area contributed by atoms with Gasteiger partial charge in [-0.2, -0.15) is 0 Å². The van der Waals surface area contributed by atoms with Gasteiger partial charge in [0.2, 0.25) is 0 Å². The Bertz CT molecular complexity index is 1800. The summed E-state index contributed by atoms with van der Waals surface area (Å²) < 4.78 is 26.3. The fourth-order valence-corrected chi connectivity index (χ4v) is 5.32. The zero-order valence-electron chi connectivity index (χ0n) is 17.4. The molecule has 0 N–H and O–H groups in total. The van der Waals surface area contributed by atoms with E-state index in [2.05, 4.69) is 0 Å². The molecule has 0 spiro atoms. The monoisotopic (exact) mass is 428 g/mol. The Morgan fingerprint density at radius 1 is 0.774 bits per heavy atom. The molecule has 154 valence electrons. The first-order valence-electron chi connectivity index (χ1n) is 10.2. The summed E-state index contributed by atoms with van der Waals surface area (Å²) in [6.45, 7) is 4.00. The molecule has 6 rings (SSSR count). The molecule has 0 amide bonds. The van der Waals surface area contributed by atoms with Crippen LogP contribution >= 0.6 is 0 Å².